The largest absolute Gasteiger partial charge is 0.413 e. The molecule has 0 aromatic heterocycles. The Morgan fingerprint density at radius 1 is 1.12 bits per heavy atom. The van der Waals surface area contributed by atoms with E-state index in [4.69, 9.17) is 4.43 Å². The van der Waals surface area contributed by atoms with Gasteiger partial charge in [-0.25, -0.2) is 0 Å². The van der Waals surface area contributed by atoms with E-state index in [-0.39, 0.29) is 5.60 Å². The second-order valence-corrected chi connectivity index (χ2v) is 12.6. The first kappa shape index (κ1) is 14.7. The van der Waals surface area contributed by atoms with E-state index in [1.807, 2.05) is 0 Å². The molecule has 0 aliphatic rings. The van der Waals surface area contributed by atoms with E-state index in [1.54, 1.807) is 0 Å². The van der Waals surface area contributed by atoms with Crippen LogP contribution in [0.2, 0.25) is 18.3 Å². The van der Waals surface area contributed by atoms with Gasteiger partial charge in [0.2, 0.25) is 0 Å². The highest BCUT2D eigenvalue weighted by Gasteiger charge is 2.34. The maximum absolute atomic E-state index is 6.30. The minimum absolute atomic E-state index is 0.0227. The smallest absolute Gasteiger partial charge is 0.187 e. The third-order valence-corrected chi connectivity index (χ3v) is 9.61. The fourth-order valence-electron chi connectivity index (χ4n) is 1.84. The van der Waals surface area contributed by atoms with Crippen LogP contribution in [0, 0.1) is 0 Å². The molecule has 0 heterocycles. The third-order valence-electron chi connectivity index (χ3n) is 2.77. The van der Waals surface area contributed by atoms with Crippen molar-refractivity contribution >= 4 is 23.0 Å². The van der Waals surface area contributed by atoms with Crippen molar-refractivity contribution in [1.29, 1.82) is 0 Å². The van der Waals surface area contributed by atoms with Gasteiger partial charge in [-0.3, -0.25) is 0 Å². The zero-order valence-electron chi connectivity index (χ0n) is 11.9. The van der Waals surface area contributed by atoms with Crippen LogP contribution in [0.25, 0.3) is 0 Å². The average molecular weight is 265 g/mol. The summed E-state index contributed by atoms with van der Waals surface area (Å²) in [5, 5.41) is 2.10. The van der Waals surface area contributed by atoms with Gasteiger partial charge < -0.3 is 4.43 Å². The molecule has 0 bridgehead atoms. The first-order valence-corrected chi connectivity index (χ1v) is 10.3. The lowest BCUT2D eigenvalue weighted by Gasteiger charge is -2.36. The molecule has 1 rings (SSSR count). The maximum atomic E-state index is 6.30. The van der Waals surface area contributed by atoms with Gasteiger partial charge in [0.25, 0.3) is 0 Å². The Labute approximate surface area is 110 Å². The van der Waals surface area contributed by atoms with Gasteiger partial charge >= 0.3 is 0 Å². The Kier molecular flexibility index (Phi) is 4.75. The molecule has 1 unspecified atom stereocenters. The Morgan fingerprint density at radius 3 is 2.12 bits per heavy atom. The van der Waals surface area contributed by atoms with Crippen LogP contribution < -0.4 is 5.19 Å². The molecule has 1 atom stereocenters. The van der Waals surface area contributed by atoms with Gasteiger partial charge in [-0.1, -0.05) is 42.4 Å². The lowest BCUT2D eigenvalue weighted by atomic mass is 10.2. The molecule has 0 saturated carbocycles. The molecule has 94 valence electrons. The second kappa shape index (κ2) is 5.50. The molecule has 1 aromatic rings. The molecular formula is C14H24OSi2. The zero-order chi connectivity index (χ0) is 13.1. The van der Waals surface area contributed by atoms with E-state index in [0.717, 1.165) is 9.52 Å². The van der Waals surface area contributed by atoms with Crippen molar-refractivity contribution in [2.75, 3.05) is 0 Å². The SMILES string of the molecule is CC([Si]c1ccccc1)[Si](C)(C)OC(C)(C)C. The van der Waals surface area contributed by atoms with Gasteiger partial charge in [-0.15, -0.1) is 0 Å². The van der Waals surface area contributed by atoms with Crippen LogP contribution >= 0.6 is 0 Å². The molecule has 0 amide bonds. The van der Waals surface area contributed by atoms with Crippen molar-refractivity contribution < 1.29 is 4.43 Å². The molecule has 17 heavy (non-hydrogen) atoms. The summed E-state index contributed by atoms with van der Waals surface area (Å²) in [6.07, 6.45) is 0. The molecule has 0 fully saturated rings. The lowest BCUT2D eigenvalue weighted by molar-refractivity contribution is 0.119. The van der Waals surface area contributed by atoms with Crippen molar-refractivity contribution in [3.8, 4) is 0 Å². The Bertz CT molecular complexity index is 341. The summed E-state index contributed by atoms with van der Waals surface area (Å²) in [6, 6.07) is 10.8. The number of hydrogen-bond acceptors (Lipinski definition) is 1. The van der Waals surface area contributed by atoms with Gasteiger partial charge in [0.1, 0.15) is 0 Å². The summed E-state index contributed by atoms with van der Waals surface area (Å²) >= 11 is 0. The Balaban J connectivity index is 2.66. The summed E-state index contributed by atoms with van der Waals surface area (Å²) in [5.41, 5.74) is -0.0227. The Hall–Kier alpha value is -0.386. The minimum Gasteiger partial charge on any atom is -0.413 e. The van der Waals surface area contributed by atoms with Crippen molar-refractivity contribution in [3.05, 3.63) is 30.3 Å². The van der Waals surface area contributed by atoms with Crippen LogP contribution in [0.1, 0.15) is 27.7 Å². The van der Waals surface area contributed by atoms with Crippen LogP contribution in [0.15, 0.2) is 30.3 Å². The van der Waals surface area contributed by atoms with Crippen molar-refractivity contribution in [2.45, 2.75) is 51.6 Å². The average Bonchev–Trinajstić information content (AvgIpc) is 2.15. The molecule has 1 nitrogen and oxygen atoms in total. The summed E-state index contributed by atoms with van der Waals surface area (Å²) in [6.45, 7) is 13.5. The van der Waals surface area contributed by atoms with Gasteiger partial charge in [-0.05, 0) is 39.0 Å². The molecule has 3 heteroatoms. The van der Waals surface area contributed by atoms with Crippen LogP contribution in [0.4, 0.5) is 0 Å². The molecular weight excluding hydrogens is 240 g/mol. The van der Waals surface area contributed by atoms with Crippen LogP contribution in [-0.4, -0.2) is 23.4 Å². The standard InChI is InChI=1S/C14H24OSi2/c1-12(16-13-10-8-7-9-11-13)17(5,6)15-14(2,3)4/h7-12H,1-6H3. The van der Waals surface area contributed by atoms with E-state index in [9.17, 15) is 0 Å². The zero-order valence-corrected chi connectivity index (χ0v) is 13.9. The molecule has 0 aliphatic carbocycles. The first-order chi connectivity index (χ1) is 7.71. The van der Waals surface area contributed by atoms with Gasteiger partial charge in [0, 0.05) is 5.60 Å². The van der Waals surface area contributed by atoms with Crippen molar-refractivity contribution in [2.24, 2.45) is 0 Å². The number of rotatable bonds is 4. The highest BCUT2D eigenvalue weighted by atomic mass is 28.4. The van der Waals surface area contributed by atoms with Crippen LogP contribution in [-0.2, 0) is 4.43 Å². The van der Waals surface area contributed by atoms with E-state index in [2.05, 4.69) is 71.1 Å². The number of hydrogen-bond donors (Lipinski definition) is 0. The van der Waals surface area contributed by atoms with E-state index < -0.39 is 8.32 Å². The third kappa shape index (κ3) is 5.19. The van der Waals surface area contributed by atoms with E-state index in [0.29, 0.717) is 5.16 Å². The predicted octanol–water partition coefficient (Wildman–Crippen LogP) is 3.38. The van der Waals surface area contributed by atoms with Crippen molar-refractivity contribution in [1.82, 2.24) is 0 Å². The van der Waals surface area contributed by atoms with Gasteiger partial charge in [0.15, 0.2) is 8.32 Å². The summed E-state index contributed by atoms with van der Waals surface area (Å²) in [7, 11) is -0.760. The second-order valence-electron chi connectivity index (χ2n) is 6.05. The first-order valence-electron chi connectivity index (χ1n) is 6.22. The normalized spacial score (nSPS) is 14.7. The predicted molar refractivity (Wildman–Crippen MR) is 79.6 cm³/mol. The lowest BCUT2D eigenvalue weighted by Crippen LogP contribution is -2.46. The molecule has 0 N–H and O–H groups in total. The number of benzene rings is 1. The highest BCUT2D eigenvalue weighted by Crippen LogP contribution is 2.26. The molecule has 2 radical (unpaired) electrons. The van der Waals surface area contributed by atoms with E-state index in [1.165, 1.54) is 5.19 Å². The highest BCUT2D eigenvalue weighted by molar-refractivity contribution is 6.84. The van der Waals surface area contributed by atoms with Gasteiger partial charge in [0.05, 0.1) is 9.52 Å². The quantitative estimate of drug-likeness (QED) is 0.758. The minimum atomic E-state index is -1.61. The summed E-state index contributed by atoms with van der Waals surface area (Å²) in [4.78, 5) is 0. The molecule has 0 aliphatic heterocycles. The molecule has 0 saturated heterocycles. The monoisotopic (exact) mass is 264 g/mol. The van der Waals surface area contributed by atoms with E-state index >= 15 is 0 Å². The fraction of sp³-hybridized carbons (Fsp3) is 0.571. The van der Waals surface area contributed by atoms with Gasteiger partial charge in [-0.2, -0.15) is 0 Å². The van der Waals surface area contributed by atoms with Crippen molar-refractivity contribution in [3.63, 3.8) is 0 Å². The van der Waals surface area contributed by atoms with Crippen LogP contribution in [0.5, 0.6) is 0 Å². The maximum Gasteiger partial charge on any atom is 0.187 e. The fourth-order valence-corrected chi connectivity index (χ4v) is 6.54. The summed E-state index contributed by atoms with van der Waals surface area (Å²) < 4.78 is 6.30. The summed E-state index contributed by atoms with van der Waals surface area (Å²) in [5.74, 6) is 0. The molecule has 1 aromatic carbocycles. The Morgan fingerprint density at radius 2 is 1.65 bits per heavy atom. The topological polar surface area (TPSA) is 9.23 Å². The van der Waals surface area contributed by atoms with Crippen LogP contribution in [0.3, 0.4) is 0 Å². The molecule has 0 spiro atoms.